The maximum absolute atomic E-state index is 8.88. The van der Waals surface area contributed by atoms with E-state index in [2.05, 4.69) is 42.2 Å². The molecule has 3 rings (SSSR count). The summed E-state index contributed by atoms with van der Waals surface area (Å²) in [4.78, 5) is 4.38. The maximum Gasteiger partial charge on any atom is 0.101 e. The molecule has 1 saturated carbocycles. The Balaban J connectivity index is 1.40. The molecule has 0 saturated heterocycles. The molecule has 1 aliphatic rings. The summed E-state index contributed by atoms with van der Waals surface area (Å²) in [6.07, 6.45) is 17.1. The lowest BCUT2D eigenvalue weighted by atomic mass is 9.77. The number of hydrogen-bond acceptors (Lipinski definition) is 2. The van der Waals surface area contributed by atoms with Crippen molar-refractivity contribution in [3.05, 3.63) is 53.7 Å². The Kier molecular flexibility index (Phi) is 8.09. The average molecular weight is 375 g/mol. The number of aromatic nitrogens is 1. The van der Waals surface area contributed by atoms with Gasteiger partial charge in [-0.1, -0.05) is 89.0 Å². The van der Waals surface area contributed by atoms with Gasteiger partial charge in [-0.05, 0) is 42.4 Å². The van der Waals surface area contributed by atoms with Gasteiger partial charge in [-0.15, -0.1) is 0 Å². The lowest BCUT2D eigenvalue weighted by Gasteiger charge is -2.28. The van der Waals surface area contributed by atoms with Gasteiger partial charge in [0.05, 0.1) is 11.3 Å². The normalized spacial score (nSPS) is 19.3. The maximum atomic E-state index is 8.88. The quantitative estimate of drug-likeness (QED) is 0.431. The van der Waals surface area contributed by atoms with E-state index >= 15 is 0 Å². The molecule has 1 aromatic carbocycles. The molecule has 0 N–H and O–H groups in total. The van der Waals surface area contributed by atoms with Crippen LogP contribution in [0.5, 0.6) is 0 Å². The van der Waals surface area contributed by atoms with Gasteiger partial charge >= 0.3 is 0 Å². The number of nitrogens with zero attached hydrogens (tertiary/aromatic N) is 2. The van der Waals surface area contributed by atoms with E-state index in [9.17, 15) is 0 Å². The predicted molar refractivity (Wildman–Crippen MR) is 117 cm³/mol. The van der Waals surface area contributed by atoms with E-state index in [1.165, 1.54) is 76.2 Å². The first-order chi connectivity index (χ1) is 13.8. The molecule has 1 heterocycles. The van der Waals surface area contributed by atoms with Gasteiger partial charge in [0.2, 0.25) is 0 Å². The average Bonchev–Trinajstić information content (AvgIpc) is 2.76. The third-order valence-corrected chi connectivity index (χ3v) is 6.42. The second-order valence-electron chi connectivity index (χ2n) is 8.52. The number of benzene rings is 1. The number of unbranched alkanes of at least 4 members (excludes halogenated alkanes) is 3. The summed E-state index contributed by atoms with van der Waals surface area (Å²) >= 11 is 0. The van der Waals surface area contributed by atoms with Crippen LogP contribution in [0.2, 0.25) is 0 Å². The molecule has 0 spiro atoms. The fourth-order valence-electron chi connectivity index (χ4n) is 4.51. The molecule has 1 fully saturated rings. The molecule has 0 radical (unpaired) electrons. The fourth-order valence-corrected chi connectivity index (χ4v) is 4.51. The van der Waals surface area contributed by atoms with Crippen LogP contribution in [0.4, 0.5) is 0 Å². The largest absolute Gasteiger partial charge is 0.255 e. The van der Waals surface area contributed by atoms with Crippen LogP contribution >= 0.6 is 0 Å². The highest BCUT2D eigenvalue weighted by molar-refractivity contribution is 5.59. The van der Waals surface area contributed by atoms with Crippen molar-refractivity contribution >= 4 is 0 Å². The van der Waals surface area contributed by atoms with Gasteiger partial charge in [-0.25, -0.2) is 0 Å². The summed E-state index contributed by atoms with van der Waals surface area (Å²) in [6, 6.07) is 14.7. The van der Waals surface area contributed by atoms with E-state index in [1.54, 1.807) is 6.20 Å². The second-order valence-corrected chi connectivity index (χ2v) is 8.52. The highest BCUT2D eigenvalue weighted by Crippen LogP contribution is 2.34. The summed E-state index contributed by atoms with van der Waals surface area (Å²) < 4.78 is 0. The van der Waals surface area contributed by atoms with E-state index < -0.39 is 0 Å². The van der Waals surface area contributed by atoms with E-state index in [4.69, 9.17) is 5.26 Å². The molecule has 148 valence electrons. The molecular weight excluding hydrogens is 340 g/mol. The smallest absolute Gasteiger partial charge is 0.101 e. The summed E-state index contributed by atoms with van der Waals surface area (Å²) in [5.74, 6) is 1.93. The Bertz CT molecular complexity index is 731. The standard InChI is InChI=1S/C26H34N2/c1-2-3-4-5-6-21-7-9-22(10-8-21)11-12-23-13-16-25(17-14-23)26-18-15-24(19-27)20-28-26/h13-18,20-22H,2-12H2,1H3/t21-,22-. The number of aryl methyl sites for hydroxylation is 1. The summed E-state index contributed by atoms with van der Waals surface area (Å²) in [5.41, 5.74) is 4.09. The van der Waals surface area contributed by atoms with Crippen molar-refractivity contribution in [1.82, 2.24) is 4.98 Å². The van der Waals surface area contributed by atoms with Gasteiger partial charge in [0, 0.05) is 11.8 Å². The van der Waals surface area contributed by atoms with Gasteiger partial charge in [-0.2, -0.15) is 5.26 Å². The number of hydrogen-bond donors (Lipinski definition) is 0. The van der Waals surface area contributed by atoms with Crippen LogP contribution in [0.3, 0.4) is 0 Å². The first-order valence-electron chi connectivity index (χ1n) is 11.2. The lowest BCUT2D eigenvalue weighted by Crippen LogP contribution is -2.15. The molecule has 2 heteroatoms. The summed E-state index contributed by atoms with van der Waals surface area (Å²) in [5, 5.41) is 8.88. The molecule has 0 bridgehead atoms. The van der Waals surface area contributed by atoms with Gasteiger partial charge < -0.3 is 0 Å². The molecule has 0 unspecified atom stereocenters. The highest BCUT2D eigenvalue weighted by Gasteiger charge is 2.20. The minimum Gasteiger partial charge on any atom is -0.255 e. The van der Waals surface area contributed by atoms with Crippen molar-refractivity contribution < 1.29 is 0 Å². The Hall–Kier alpha value is -2.14. The molecule has 1 aromatic heterocycles. The van der Waals surface area contributed by atoms with Crippen molar-refractivity contribution in [2.24, 2.45) is 11.8 Å². The van der Waals surface area contributed by atoms with Gasteiger partial charge in [0.15, 0.2) is 0 Å². The molecule has 0 amide bonds. The number of nitriles is 1. The Morgan fingerprint density at radius 1 is 0.893 bits per heavy atom. The Morgan fingerprint density at radius 2 is 1.61 bits per heavy atom. The van der Waals surface area contributed by atoms with Crippen LogP contribution in [0.1, 0.15) is 82.3 Å². The zero-order valence-corrected chi connectivity index (χ0v) is 17.4. The summed E-state index contributed by atoms with van der Waals surface area (Å²) in [7, 11) is 0. The molecular formula is C26H34N2. The molecule has 2 nitrogen and oxygen atoms in total. The van der Waals surface area contributed by atoms with Crippen LogP contribution in [-0.2, 0) is 6.42 Å². The first kappa shape index (κ1) is 20.6. The minimum absolute atomic E-state index is 0.607. The molecule has 28 heavy (non-hydrogen) atoms. The van der Waals surface area contributed by atoms with Gasteiger partial charge in [0.1, 0.15) is 6.07 Å². The van der Waals surface area contributed by atoms with Crippen molar-refractivity contribution in [3.63, 3.8) is 0 Å². The van der Waals surface area contributed by atoms with Crippen LogP contribution in [0, 0.1) is 23.2 Å². The van der Waals surface area contributed by atoms with Crippen molar-refractivity contribution in [1.29, 1.82) is 5.26 Å². The third kappa shape index (κ3) is 6.20. The molecule has 0 atom stereocenters. The van der Waals surface area contributed by atoms with Gasteiger partial charge in [0.25, 0.3) is 0 Å². The molecule has 0 aliphatic heterocycles. The van der Waals surface area contributed by atoms with Crippen molar-refractivity contribution in [2.75, 3.05) is 0 Å². The van der Waals surface area contributed by atoms with E-state index in [0.29, 0.717) is 5.56 Å². The van der Waals surface area contributed by atoms with Crippen LogP contribution in [0.25, 0.3) is 11.3 Å². The van der Waals surface area contributed by atoms with Crippen LogP contribution in [-0.4, -0.2) is 4.98 Å². The Morgan fingerprint density at radius 3 is 2.21 bits per heavy atom. The van der Waals surface area contributed by atoms with Crippen LogP contribution in [0.15, 0.2) is 42.6 Å². The fraction of sp³-hybridized carbons (Fsp3) is 0.538. The Labute approximate surface area is 171 Å². The molecule has 2 aromatic rings. The highest BCUT2D eigenvalue weighted by atomic mass is 14.7. The molecule has 1 aliphatic carbocycles. The number of pyridine rings is 1. The lowest BCUT2D eigenvalue weighted by molar-refractivity contribution is 0.249. The van der Waals surface area contributed by atoms with Crippen LogP contribution < -0.4 is 0 Å². The first-order valence-corrected chi connectivity index (χ1v) is 11.2. The summed E-state index contributed by atoms with van der Waals surface area (Å²) in [6.45, 7) is 2.29. The second kappa shape index (κ2) is 11.0. The topological polar surface area (TPSA) is 36.7 Å². The van der Waals surface area contributed by atoms with Gasteiger partial charge in [-0.3, -0.25) is 4.98 Å². The van der Waals surface area contributed by atoms with E-state index in [-0.39, 0.29) is 0 Å². The van der Waals surface area contributed by atoms with E-state index in [1.807, 2.05) is 12.1 Å². The monoisotopic (exact) mass is 374 g/mol. The van der Waals surface area contributed by atoms with Crippen molar-refractivity contribution in [2.45, 2.75) is 77.6 Å². The van der Waals surface area contributed by atoms with Crippen molar-refractivity contribution in [3.8, 4) is 17.3 Å². The zero-order chi connectivity index (χ0) is 19.6. The zero-order valence-electron chi connectivity index (χ0n) is 17.4. The minimum atomic E-state index is 0.607. The third-order valence-electron chi connectivity index (χ3n) is 6.42. The predicted octanol–water partition coefficient (Wildman–Crippen LogP) is 7.33. The number of rotatable bonds is 9. The SMILES string of the molecule is CCCCCC[C@H]1CC[C@H](CCc2ccc(-c3ccc(C#N)cn3)cc2)CC1. The van der Waals surface area contributed by atoms with E-state index in [0.717, 1.165) is 23.1 Å².